The molecular formula is C7H12BrN3S. The lowest BCUT2D eigenvalue weighted by Crippen LogP contribution is -2.27. The van der Waals surface area contributed by atoms with Gasteiger partial charge >= 0.3 is 0 Å². The molecule has 0 amide bonds. The second kappa shape index (κ2) is 4.79. The Labute approximate surface area is 84.5 Å². The van der Waals surface area contributed by atoms with Crippen molar-refractivity contribution >= 4 is 32.4 Å². The number of thiazole rings is 1. The van der Waals surface area contributed by atoms with Gasteiger partial charge in [0.15, 0.2) is 5.13 Å². The minimum atomic E-state index is 0.336. The van der Waals surface area contributed by atoms with Gasteiger partial charge in [-0.1, -0.05) is 6.92 Å². The number of rotatable bonds is 4. The van der Waals surface area contributed by atoms with Gasteiger partial charge < -0.3 is 11.1 Å². The first kappa shape index (κ1) is 9.95. The fourth-order valence-corrected chi connectivity index (χ4v) is 2.05. The molecule has 0 aliphatic heterocycles. The van der Waals surface area contributed by atoms with Crippen LogP contribution in [0.2, 0.25) is 0 Å². The fourth-order valence-electron chi connectivity index (χ4n) is 0.823. The maximum absolute atomic E-state index is 5.54. The summed E-state index contributed by atoms with van der Waals surface area (Å²) in [4.78, 5) is 4.21. The zero-order chi connectivity index (χ0) is 8.97. The first-order valence-corrected chi connectivity index (χ1v) is 5.51. The molecule has 0 bridgehead atoms. The maximum Gasteiger partial charge on any atom is 0.183 e. The normalized spacial score (nSPS) is 12.9. The van der Waals surface area contributed by atoms with Gasteiger partial charge in [0.2, 0.25) is 0 Å². The van der Waals surface area contributed by atoms with E-state index in [1.54, 1.807) is 11.3 Å². The highest BCUT2D eigenvalue weighted by atomic mass is 79.9. The molecule has 0 radical (unpaired) electrons. The van der Waals surface area contributed by atoms with Gasteiger partial charge in [0, 0.05) is 18.0 Å². The van der Waals surface area contributed by atoms with E-state index in [0.717, 1.165) is 16.2 Å². The number of nitrogens with two attached hydrogens (primary N) is 1. The van der Waals surface area contributed by atoms with Crippen LogP contribution in [0.1, 0.15) is 13.3 Å². The Morgan fingerprint density at radius 3 is 3.00 bits per heavy atom. The molecule has 1 rings (SSSR count). The number of hydrogen-bond donors (Lipinski definition) is 2. The zero-order valence-corrected chi connectivity index (χ0v) is 9.28. The average Bonchev–Trinajstić information content (AvgIpc) is 2.47. The van der Waals surface area contributed by atoms with Gasteiger partial charge in [0.05, 0.1) is 0 Å². The van der Waals surface area contributed by atoms with Crippen LogP contribution in [0, 0.1) is 0 Å². The van der Waals surface area contributed by atoms with Crippen molar-refractivity contribution in [3.8, 4) is 0 Å². The minimum absolute atomic E-state index is 0.336. The first-order valence-electron chi connectivity index (χ1n) is 3.84. The molecule has 68 valence electrons. The summed E-state index contributed by atoms with van der Waals surface area (Å²) in [6.07, 6.45) is 1.02. The molecule has 5 heteroatoms. The van der Waals surface area contributed by atoms with E-state index in [2.05, 4.69) is 33.2 Å². The number of aromatic nitrogens is 1. The third-order valence-corrected chi connectivity index (χ3v) is 3.06. The molecule has 1 atom stereocenters. The van der Waals surface area contributed by atoms with Gasteiger partial charge in [0.25, 0.3) is 0 Å². The van der Waals surface area contributed by atoms with Gasteiger partial charge in [-0.2, -0.15) is 0 Å². The smallest absolute Gasteiger partial charge is 0.183 e. The Morgan fingerprint density at radius 1 is 1.83 bits per heavy atom. The van der Waals surface area contributed by atoms with E-state index < -0.39 is 0 Å². The van der Waals surface area contributed by atoms with Crippen molar-refractivity contribution < 1.29 is 0 Å². The molecule has 0 saturated carbocycles. The van der Waals surface area contributed by atoms with Crippen LogP contribution < -0.4 is 11.1 Å². The number of hydrogen-bond acceptors (Lipinski definition) is 4. The lowest BCUT2D eigenvalue weighted by atomic mass is 10.2. The Hall–Kier alpha value is -0.130. The molecule has 1 aromatic heterocycles. The minimum Gasteiger partial charge on any atom is -0.357 e. The molecule has 3 N–H and O–H groups in total. The van der Waals surface area contributed by atoms with E-state index in [1.165, 1.54) is 0 Å². The molecule has 1 heterocycles. The van der Waals surface area contributed by atoms with Gasteiger partial charge in [-0.25, -0.2) is 4.98 Å². The van der Waals surface area contributed by atoms with Gasteiger partial charge in [-0.3, -0.25) is 0 Å². The lowest BCUT2D eigenvalue weighted by Gasteiger charge is -2.12. The summed E-state index contributed by atoms with van der Waals surface area (Å²) in [6, 6.07) is 0.336. The largest absolute Gasteiger partial charge is 0.357 e. The van der Waals surface area contributed by atoms with Crippen LogP contribution in [0.4, 0.5) is 5.13 Å². The second-order valence-corrected chi connectivity index (χ2v) is 4.13. The van der Waals surface area contributed by atoms with Crippen LogP contribution in [0.3, 0.4) is 0 Å². The summed E-state index contributed by atoms with van der Waals surface area (Å²) < 4.78 is 0.877. The topological polar surface area (TPSA) is 50.9 Å². The highest BCUT2D eigenvalue weighted by Crippen LogP contribution is 2.20. The molecule has 3 nitrogen and oxygen atoms in total. The standard InChI is InChI=1S/C7H12BrN3S/c1-2-5(3-9)10-7-11-6(8)4-12-7/h4-5H,2-3,9H2,1H3,(H,10,11). The van der Waals surface area contributed by atoms with E-state index in [1.807, 2.05) is 5.38 Å². The lowest BCUT2D eigenvalue weighted by molar-refractivity contribution is 0.702. The molecule has 0 aliphatic rings. The summed E-state index contributed by atoms with van der Waals surface area (Å²) in [7, 11) is 0. The Kier molecular flexibility index (Phi) is 3.97. The third kappa shape index (κ3) is 2.73. The van der Waals surface area contributed by atoms with Crippen molar-refractivity contribution in [2.75, 3.05) is 11.9 Å². The van der Waals surface area contributed by atoms with Crippen molar-refractivity contribution in [2.24, 2.45) is 5.73 Å². The summed E-state index contributed by atoms with van der Waals surface area (Å²) in [5, 5.41) is 6.13. The molecule has 1 unspecified atom stereocenters. The number of halogens is 1. The van der Waals surface area contributed by atoms with E-state index in [-0.39, 0.29) is 0 Å². The van der Waals surface area contributed by atoms with Crippen LogP contribution >= 0.6 is 27.3 Å². The monoisotopic (exact) mass is 249 g/mol. The third-order valence-electron chi connectivity index (χ3n) is 1.58. The summed E-state index contributed by atoms with van der Waals surface area (Å²) in [5.74, 6) is 0. The van der Waals surface area contributed by atoms with Crippen molar-refractivity contribution in [3.63, 3.8) is 0 Å². The quantitative estimate of drug-likeness (QED) is 0.859. The van der Waals surface area contributed by atoms with Gasteiger partial charge in [0.1, 0.15) is 4.60 Å². The number of nitrogens with zero attached hydrogens (tertiary/aromatic N) is 1. The van der Waals surface area contributed by atoms with Gasteiger partial charge in [-0.15, -0.1) is 11.3 Å². The molecule has 0 saturated heterocycles. The SMILES string of the molecule is CCC(CN)Nc1nc(Br)cs1. The first-order chi connectivity index (χ1) is 5.76. The molecule has 0 aromatic carbocycles. The van der Waals surface area contributed by atoms with Gasteiger partial charge in [-0.05, 0) is 22.4 Å². The van der Waals surface area contributed by atoms with Crippen LogP contribution in [0.15, 0.2) is 9.98 Å². The molecule has 1 aromatic rings. The molecule has 0 fully saturated rings. The predicted octanol–water partition coefficient (Wildman–Crippen LogP) is 2.05. The van der Waals surface area contributed by atoms with Crippen LogP contribution in [0.25, 0.3) is 0 Å². The van der Waals surface area contributed by atoms with E-state index in [4.69, 9.17) is 5.73 Å². The fraction of sp³-hybridized carbons (Fsp3) is 0.571. The summed E-state index contributed by atoms with van der Waals surface area (Å²) in [5.41, 5.74) is 5.54. The molecular weight excluding hydrogens is 238 g/mol. The predicted molar refractivity (Wildman–Crippen MR) is 56.6 cm³/mol. The van der Waals surface area contributed by atoms with Crippen molar-refractivity contribution in [1.29, 1.82) is 0 Å². The van der Waals surface area contributed by atoms with Crippen molar-refractivity contribution in [1.82, 2.24) is 4.98 Å². The Morgan fingerprint density at radius 2 is 2.58 bits per heavy atom. The molecule has 0 aliphatic carbocycles. The zero-order valence-electron chi connectivity index (χ0n) is 6.88. The van der Waals surface area contributed by atoms with E-state index in [0.29, 0.717) is 12.6 Å². The molecule has 0 spiro atoms. The summed E-state index contributed by atoms with van der Waals surface area (Å²) >= 11 is 4.88. The number of nitrogens with one attached hydrogen (secondary N) is 1. The summed E-state index contributed by atoms with van der Waals surface area (Å²) in [6.45, 7) is 2.75. The van der Waals surface area contributed by atoms with Crippen LogP contribution in [-0.4, -0.2) is 17.6 Å². The second-order valence-electron chi connectivity index (χ2n) is 2.46. The maximum atomic E-state index is 5.54. The van der Waals surface area contributed by atoms with Crippen molar-refractivity contribution in [3.05, 3.63) is 9.98 Å². The number of anilines is 1. The Balaban J connectivity index is 2.50. The van der Waals surface area contributed by atoms with Crippen molar-refractivity contribution in [2.45, 2.75) is 19.4 Å². The Bertz CT molecular complexity index is 234. The highest BCUT2D eigenvalue weighted by Gasteiger charge is 2.05. The average molecular weight is 250 g/mol. The highest BCUT2D eigenvalue weighted by molar-refractivity contribution is 9.10. The van der Waals surface area contributed by atoms with E-state index >= 15 is 0 Å². The molecule has 12 heavy (non-hydrogen) atoms. The van der Waals surface area contributed by atoms with E-state index in [9.17, 15) is 0 Å². The van der Waals surface area contributed by atoms with Crippen LogP contribution in [-0.2, 0) is 0 Å². The van der Waals surface area contributed by atoms with Crippen LogP contribution in [0.5, 0.6) is 0 Å².